The van der Waals surface area contributed by atoms with Gasteiger partial charge in [0.1, 0.15) is 5.75 Å². The first-order chi connectivity index (χ1) is 11.5. The predicted molar refractivity (Wildman–Crippen MR) is 95.5 cm³/mol. The molecule has 0 radical (unpaired) electrons. The summed E-state index contributed by atoms with van der Waals surface area (Å²) in [6.07, 6.45) is 7.26. The first-order valence-corrected chi connectivity index (χ1v) is 8.19. The molecule has 2 aromatic rings. The lowest BCUT2D eigenvalue weighted by Crippen LogP contribution is -2.28. The predicted octanol–water partition coefficient (Wildman–Crippen LogP) is 3.27. The number of nitrogens with zero attached hydrogens (tertiary/aromatic N) is 3. The summed E-state index contributed by atoms with van der Waals surface area (Å²) in [6, 6.07) is 7.73. The Labute approximate surface area is 143 Å². The maximum Gasteiger partial charge on any atom is 0.246 e. The van der Waals surface area contributed by atoms with Crippen LogP contribution in [0.4, 0.5) is 0 Å². The van der Waals surface area contributed by atoms with E-state index in [-0.39, 0.29) is 12.0 Å². The van der Waals surface area contributed by atoms with Crippen molar-refractivity contribution in [1.82, 2.24) is 14.7 Å². The van der Waals surface area contributed by atoms with Crippen molar-refractivity contribution >= 4 is 12.0 Å². The van der Waals surface area contributed by atoms with E-state index in [0.29, 0.717) is 13.1 Å². The first-order valence-electron chi connectivity index (χ1n) is 8.19. The number of ether oxygens (including phenoxy) is 1. The SMILES string of the molecule is CCN(Cc1cnn(C)c1)C(=O)/C=C\c1cccc(OC(C)C)c1. The van der Waals surface area contributed by atoms with Crippen molar-refractivity contribution in [1.29, 1.82) is 0 Å². The van der Waals surface area contributed by atoms with E-state index in [9.17, 15) is 4.79 Å². The summed E-state index contributed by atoms with van der Waals surface area (Å²) in [4.78, 5) is 14.2. The Bertz CT molecular complexity index is 704. The Balaban J connectivity index is 2.02. The van der Waals surface area contributed by atoms with Gasteiger partial charge < -0.3 is 9.64 Å². The van der Waals surface area contributed by atoms with Crippen molar-refractivity contribution in [3.63, 3.8) is 0 Å². The van der Waals surface area contributed by atoms with Gasteiger partial charge in [-0.25, -0.2) is 0 Å². The number of rotatable bonds is 7. The van der Waals surface area contributed by atoms with E-state index in [1.165, 1.54) is 0 Å². The molecule has 0 saturated carbocycles. The zero-order chi connectivity index (χ0) is 17.5. The number of benzene rings is 1. The van der Waals surface area contributed by atoms with Crippen LogP contribution in [0.3, 0.4) is 0 Å². The van der Waals surface area contributed by atoms with Gasteiger partial charge in [0.15, 0.2) is 0 Å². The maximum absolute atomic E-state index is 12.4. The summed E-state index contributed by atoms with van der Waals surface area (Å²) in [5, 5.41) is 4.14. The molecule has 0 unspecified atom stereocenters. The smallest absolute Gasteiger partial charge is 0.246 e. The molecule has 0 aliphatic heterocycles. The zero-order valence-corrected chi connectivity index (χ0v) is 14.8. The second kappa shape index (κ2) is 8.34. The normalized spacial score (nSPS) is 11.2. The molecule has 128 valence electrons. The van der Waals surface area contributed by atoms with Crippen molar-refractivity contribution in [3.05, 3.63) is 53.9 Å². The topological polar surface area (TPSA) is 47.4 Å². The minimum Gasteiger partial charge on any atom is -0.491 e. The number of carbonyl (C=O) groups excluding carboxylic acids is 1. The molecule has 2 rings (SSSR count). The summed E-state index contributed by atoms with van der Waals surface area (Å²) < 4.78 is 7.41. The van der Waals surface area contributed by atoms with Crippen molar-refractivity contribution < 1.29 is 9.53 Å². The number of amides is 1. The van der Waals surface area contributed by atoms with Gasteiger partial charge >= 0.3 is 0 Å². The summed E-state index contributed by atoms with van der Waals surface area (Å²) in [5.41, 5.74) is 1.97. The minimum absolute atomic E-state index is 0.0171. The van der Waals surface area contributed by atoms with Gasteiger partial charge in [-0.15, -0.1) is 0 Å². The highest BCUT2D eigenvalue weighted by Crippen LogP contribution is 2.16. The van der Waals surface area contributed by atoms with Gasteiger partial charge in [-0.05, 0) is 44.5 Å². The zero-order valence-electron chi connectivity index (χ0n) is 14.8. The second-order valence-corrected chi connectivity index (χ2v) is 5.95. The molecule has 0 aliphatic carbocycles. The van der Waals surface area contributed by atoms with Gasteiger partial charge in [-0.3, -0.25) is 9.48 Å². The maximum atomic E-state index is 12.4. The number of hydrogen-bond donors (Lipinski definition) is 0. The van der Waals surface area contributed by atoms with Gasteiger partial charge in [0.05, 0.1) is 12.3 Å². The third-order valence-corrected chi connectivity index (χ3v) is 3.47. The highest BCUT2D eigenvalue weighted by Gasteiger charge is 2.10. The number of hydrogen-bond acceptors (Lipinski definition) is 3. The van der Waals surface area contributed by atoms with Crippen LogP contribution in [0.2, 0.25) is 0 Å². The highest BCUT2D eigenvalue weighted by atomic mass is 16.5. The molecule has 0 fully saturated rings. The molecule has 5 nitrogen and oxygen atoms in total. The molecule has 0 bridgehead atoms. The molecular weight excluding hydrogens is 302 g/mol. The van der Waals surface area contributed by atoms with E-state index in [2.05, 4.69) is 5.10 Å². The Morgan fingerprint density at radius 3 is 2.83 bits per heavy atom. The third kappa shape index (κ3) is 5.26. The standard InChI is InChI=1S/C19H25N3O2/c1-5-22(14-17-12-20-21(4)13-17)19(23)10-9-16-7-6-8-18(11-16)24-15(2)3/h6-13,15H,5,14H2,1-4H3/b10-9-. The Kier molecular flexibility index (Phi) is 6.18. The van der Waals surface area contributed by atoms with E-state index in [1.807, 2.05) is 64.4 Å². The van der Waals surface area contributed by atoms with E-state index in [1.54, 1.807) is 21.9 Å². The van der Waals surface area contributed by atoms with Gasteiger partial charge in [0.25, 0.3) is 0 Å². The van der Waals surface area contributed by atoms with E-state index >= 15 is 0 Å². The Morgan fingerprint density at radius 1 is 1.42 bits per heavy atom. The van der Waals surface area contributed by atoms with Crippen LogP contribution in [-0.4, -0.2) is 33.2 Å². The lowest BCUT2D eigenvalue weighted by molar-refractivity contribution is -0.126. The average Bonchev–Trinajstić information content (AvgIpc) is 2.95. The van der Waals surface area contributed by atoms with E-state index < -0.39 is 0 Å². The molecule has 1 aromatic heterocycles. The summed E-state index contributed by atoms with van der Waals surface area (Å²) in [6.45, 7) is 7.16. The largest absolute Gasteiger partial charge is 0.491 e. The second-order valence-electron chi connectivity index (χ2n) is 5.95. The van der Waals surface area contributed by atoms with Crippen LogP contribution in [-0.2, 0) is 18.4 Å². The molecule has 0 atom stereocenters. The molecule has 0 N–H and O–H groups in total. The van der Waals surface area contributed by atoms with Crippen LogP contribution in [0.15, 0.2) is 42.7 Å². The molecular formula is C19H25N3O2. The van der Waals surface area contributed by atoms with E-state index in [4.69, 9.17) is 4.74 Å². The molecule has 0 spiro atoms. The number of carbonyl (C=O) groups is 1. The van der Waals surface area contributed by atoms with Crippen molar-refractivity contribution in [2.45, 2.75) is 33.4 Å². The van der Waals surface area contributed by atoms with Gasteiger partial charge in [-0.2, -0.15) is 5.10 Å². The third-order valence-electron chi connectivity index (χ3n) is 3.47. The van der Waals surface area contributed by atoms with Gasteiger partial charge in [0.2, 0.25) is 5.91 Å². The summed E-state index contributed by atoms with van der Waals surface area (Å²) in [7, 11) is 1.87. The fourth-order valence-electron chi connectivity index (χ4n) is 2.36. The summed E-state index contributed by atoms with van der Waals surface area (Å²) >= 11 is 0. The van der Waals surface area contributed by atoms with Crippen molar-refractivity contribution in [2.75, 3.05) is 6.54 Å². The molecule has 0 saturated heterocycles. The van der Waals surface area contributed by atoms with Crippen LogP contribution < -0.4 is 4.74 Å². The number of aryl methyl sites for hydroxylation is 1. The first kappa shape index (κ1) is 17.8. The van der Waals surface area contributed by atoms with Crippen LogP contribution in [0, 0.1) is 0 Å². The fourth-order valence-corrected chi connectivity index (χ4v) is 2.36. The van der Waals surface area contributed by atoms with Crippen LogP contribution in [0.5, 0.6) is 5.75 Å². The minimum atomic E-state index is -0.0171. The number of aromatic nitrogens is 2. The lowest BCUT2D eigenvalue weighted by atomic mass is 10.2. The Hall–Kier alpha value is -2.56. The van der Waals surface area contributed by atoms with Crippen molar-refractivity contribution in [3.8, 4) is 5.75 Å². The van der Waals surface area contributed by atoms with Crippen LogP contribution in [0.25, 0.3) is 6.08 Å². The summed E-state index contributed by atoms with van der Waals surface area (Å²) in [5.74, 6) is 0.791. The quantitative estimate of drug-likeness (QED) is 0.733. The van der Waals surface area contributed by atoms with E-state index in [0.717, 1.165) is 16.9 Å². The van der Waals surface area contributed by atoms with Crippen LogP contribution in [0.1, 0.15) is 31.9 Å². The molecule has 1 amide bonds. The van der Waals surface area contributed by atoms with Gasteiger partial charge in [-0.1, -0.05) is 12.1 Å². The Morgan fingerprint density at radius 2 is 2.21 bits per heavy atom. The fraction of sp³-hybridized carbons (Fsp3) is 0.368. The molecule has 5 heteroatoms. The molecule has 1 aromatic carbocycles. The van der Waals surface area contributed by atoms with Crippen LogP contribution >= 0.6 is 0 Å². The molecule has 0 aliphatic rings. The number of likely N-dealkylation sites (N-methyl/N-ethyl adjacent to an activating group) is 1. The molecule has 24 heavy (non-hydrogen) atoms. The lowest BCUT2D eigenvalue weighted by Gasteiger charge is -2.18. The average molecular weight is 327 g/mol. The van der Waals surface area contributed by atoms with Crippen molar-refractivity contribution in [2.24, 2.45) is 7.05 Å². The molecule has 1 heterocycles. The highest BCUT2D eigenvalue weighted by molar-refractivity contribution is 5.91. The van der Waals surface area contributed by atoms with Gasteiger partial charge in [0, 0.05) is 38.0 Å². The monoisotopic (exact) mass is 327 g/mol.